The fourth-order valence-electron chi connectivity index (χ4n) is 3.02. The number of benzene rings is 1. The van der Waals surface area contributed by atoms with E-state index < -0.39 is 0 Å². The Hall–Kier alpha value is -0.900. The third kappa shape index (κ3) is 3.40. The molecule has 1 unspecified atom stereocenters. The van der Waals surface area contributed by atoms with Gasteiger partial charge >= 0.3 is 0 Å². The van der Waals surface area contributed by atoms with E-state index in [2.05, 4.69) is 38.7 Å². The summed E-state index contributed by atoms with van der Waals surface area (Å²) in [6, 6.07) is 2.21. The third-order valence-corrected chi connectivity index (χ3v) is 4.58. The minimum absolute atomic E-state index is 0.364. The van der Waals surface area contributed by atoms with Gasteiger partial charge in [0.15, 0.2) is 0 Å². The van der Waals surface area contributed by atoms with Gasteiger partial charge in [-0.1, -0.05) is 6.07 Å². The second-order valence-electron chi connectivity index (χ2n) is 5.93. The van der Waals surface area contributed by atoms with E-state index in [9.17, 15) is 5.11 Å². The lowest BCUT2D eigenvalue weighted by Crippen LogP contribution is -2.37. The molecule has 1 saturated heterocycles. The van der Waals surface area contributed by atoms with Gasteiger partial charge in [-0.2, -0.15) is 0 Å². The molecule has 1 N–H and O–H groups in total. The van der Waals surface area contributed by atoms with Gasteiger partial charge in [0, 0.05) is 19.6 Å². The minimum atomic E-state index is -0.364. The maximum absolute atomic E-state index is 10.6. The SMILES string of the molecule is Cc1cc(C)c(C)c(C(O)CCN2CCOCC2)c1C. The summed E-state index contributed by atoms with van der Waals surface area (Å²) in [4.78, 5) is 2.38. The number of nitrogens with zero attached hydrogens (tertiary/aromatic N) is 1. The Labute approximate surface area is 122 Å². The Morgan fingerprint density at radius 1 is 1.10 bits per heavy atom. The van der Waals surface area contributed by atoms with Gasteiger partial charge in [0.05, 0.1) is 19.3 Å². The lowest BCUT2D eigenvalue weighted by atomic mass is 9.90. The number of hydrogen-bond acceptors (Lipinski definition) is 3. The first-order chi connectivity index (χ1) is 9.50. The molecule has 1 aliphatic rings. The van der Waals surface area contributed by atoms with Crippen LogP contribution in [-0.2, 0) is 4.74 Å². The zero-order chi connectivity index (χ0) is 14.7. The fourth-order valence-corrected chi connectivity index (χ4v) is 3.02. The number of hydrogen-bond donors (Lipinski definition) is 1. The first-order valence-electron chi connectivity index (χ1n) is 7.56. The quantitative estimate of drug-likeness (QED) is 0.918. The molecule has 3 nitrogen and oxygen atoms in total. The first-order valence-corrected chi connectivity index (χ1v) is 7.56. The van der Waals surface area contributed by atoms with Crippen molar-refractivity contribution in [3.63, 3.8) is 0 Å². The maximum atomic E-state index is 10.6. The van der Waals surface area contributed by atoms with E-state index in [1.165, 1.54) is 22.3 Å². The standard InChI is InChI=1S/C17H27NO2/c1-12-11-13(2)15(4)17(14(12)3)16(19)5-6-18-7-9-20-10-8-18/h11,16,19H,5-10H2,1-4H3. The molecule has 3 heteroatoms. The van der Waals surface area contributed by atoms with E-state index in [0.29, 0.717) is 0 Å². The number of ether oxygens (including phenoxy) is 1. The van der Waals surface area contributed by atoms with Crippen molar-refractivity contribution >= 4 is 0 Å². The van der Waals surface area contributed by atoms with Crippen LogP contribution in [0.1, 0.15) is 40.3 Å². The number of aliphatic hydroxyl groups is 1. The summed E-state index contributed by atoms with van der Waals surface area (Å²) in [5, 5.41) is 10.6. The van der Waals surface area contributed by atoms with E-state index >= 15 is 0 Å². The predicted octanol–water partition coefficient (Wildman–Crippen LogP) is 2.68. The van der Waals surface area contributed by atoms with Crippen molar-refractivity contribution < 1.29 is 9.84 Å². The Kier molecular flexibility index (Phi) is 5.19. The van der Waals surface area contributed by atoms with E-state index in [1.54, 1.807) is 0 Å². The maximum Gasteiger partial charge on any atom is 0.0807 e. The van der Waals surface area contributed by atoms with Crippen molar-refractivity contribution in [2.75, 3.05) is 32.8 Å². The number of aryl methyl sites for hydroxylation is 2. The first kappa shape index (κ1) is 15.5. The topological polar surface area (TPSA) is 32.7 Å². The third-order valence-electron chi connectivity index (χ3n) is 4.58. The molecule has 0 aromatic heterocycles. The Morgan fingerprint density at radius 2 is 1.65 bits per heavy atom. The Bertz CT molecular complexity index is 438. The van der Waals surface area contributed by atoms with Crippen molar-refractivity contribution in [2.24, 2.45) is 0 Å². The van der Waals surface area contributed by atoms with Gasteiger partial charge in [0.2, 0.25) is 0 Å². The molecule has 0 amide bonds. The molecule has 0 spiro atoms. The highest BCUT2D eigenvalue weighted by atomic mass is 16.5. The number of aliphatic hydroxyl groups excluding tert-OH is 1. The van der Waals surface area contributed by atoms with Crippen LogP contribution in [0.15, 0.2) is 6.07 Å². The highest BCUT2D eigenvalue weighted by molar-refractivity contribution is 5.45. The lowest BCUT2D eigenvalue weighted by molar-refractivity contribution is 0.0299. The summed E-state index contributed by atoms with van der Waals surface area (Å²) in [7, 11) is 0. The molecule has 1 aromatic rings. The van der Waals surface area contributed by atoms with Gasteiger partial charge < -0.3 is 9.84 Å². The average molecular weight is 277 g/mol. The van der Waals surface area contributed by atoms with E-state index in [0.717, 1.165) is 44.8 Å². The molecule has 0 radical (unpaired) electrons. The molecule has 1 aliphatic heterocycles. The van der Waals surface area contributed by atoms with Crippen molar-refractivity contribution in [2.45, 2.75) is 40.2 Å². The summed E-state index contributed by atoms with van der Waals surface area (Å²) < 4.78 is 5.36. The van der Waals surface area contributed by atoms with E-state index in [-0.39, 0.29) is 6.10 Å². The molecular formula is C17H27NO2. The molecule has 2 rings (SSSR count). The van der Waals surface area contributed by atoms with Gasteiger partial charge in [-0.15, -0.1) is 0 Å². The summed E-state index contributed by atoms with van der Waals surface area (Å²) in [5.41, 5.74) is 6.16. The monoisotopic (exact) mass is 277 g/mol. The van der Waals surface area contributed by atoms with E-state index in [1.807, 2.05) is 0 Å². The van der Waals surface area contributed by atoms with Crippen LogP contribution in [0.4, 0.5) is 0 Å². The van der Waals surface area contributed by atoms with Crippen molar-refractivity contribution in [3.8, 4) is 0 Å². The molecule has 1 aromatic carbocycles. The average Bonchev–Trinajstić information content (AvgIpc) is 2.44. The molecular weight excluding hydrogens is 250 g/mol. The zero-order valence-electron chi connectivity index (χ0n) is 13.2. The largest absolute Gasteiger partial charge is 0.388 e. The van der Waals surface area contributed by atoms with Gasteiger partial charge in [0.1, 0.15) is 0 Å². The van der Waals surface area contributed by atoms with Crippen molar-refractivity contribution in [1.82, 2.24) is 4.90 Å². The summed E-state index contributed by atoms with van der Waals surface area (Å²) in [6.07, 6.45) is 0.432. The van der Waals surface area contributed by atoms with Gasteiger partial charge in [-0.25, -0.2) is 0 Å². The zero-order valence-corrected chi connectivity index (χ0v) is 13.2. The highest BCUT2D eigenvalue weighted by Gasteiger charge is 2.18. The normalized spacial score (nSPS) is 18.2. The predicted molar refractivity (Wildman–Crippen MR) is 82.2 cm³/mol. The number of morpholine rings is 1. The van der Waals surface area contributed by atoms with Crippen LogP contribution in [-0.4, -0.2) is 42.9 Å². The van der Waals surface area contributed by atoms with Crippen LogP contribution in [0, 0.1) is 27.7 Å². The van der Waals surface area contributed by atoms with Crippen molar-refractivity contribution in [1.29, 1.82) is 0 Å². The van der Waals surface area contributed by atoms with E-state index in [4.69, 9.17) is 4.74 Å². The molecule has 112 valence electrons. The second-order valence-corrected chi connectivity index (χ2v) is 5.93. The van der Waals surface area contributed by atoms with Crippen LogP contribution in [0.5, 0.6) is 0 Å². The number of rotatable bonds is 4. The minimum Gasteiger partial charge on any atom is -0.388 e. The second kappa shape index (κ2) is 6.70. The van der Waals surface area contributed by atoms with Gasteiger partial charge in [-0.05, 0) is 61.9 Å². The molecule has 20 heavy (non-hydrogen) atoms. The summed E-state index contributed by atoms with van der Waals surface area (Å²) in [5.74, 6) is 0. The molecule has 1 atom stereocenters. The van der Waals surface area contributed by atoms with Crippen LogP contribution < -0.4 is 0 Å². The Balaban J connectivity index is 2.06. The fraction of sp³-hybridized carbons (Fsp3) is 0.647. The highest BCUT2D eigenvalue weighted by Crippen LogP contribution is 2.29. The van der Waals surface area contributed by atoms with Crippen LogP contribution in [0.3, 0.4) is 0 Å². The van der Waals surface area contributed by atoms with Crippen molar-refractivity contribution in [3.05, 3.63) is 33.9 Å². The van der Waals surface area contributed by atoms with Crippen LogP contribution >= 0.6 is 0 Å². The lowest BCUT2D eigenvalue weighted by Gasteiger charge is -2.28. The smallest absolute Gasteiger partial charge is 0.0807 e. The molecule has 0 saturated carbocycles. The Morgan fingerprint density at radius 3 is 2.20 bits per heavy atom. The van der Waals surface area contributed by atoms with Gasteiger partial charge in [0.25, 0.3) is 0 Å². The van der Waals surface area contributed by atoms with Crippen LogP contribution in [0.25, 0.3) is 0 Å². The molecule has 1 fully saturated rings. The van der Waals surface area contributed by atoms with Crippen LogP contribution in [0.2, 0.25) is 0 Å². The molecule has 1 heterocycles. The molecule has 0 bridgehead atoms. The summed E-state index contributed by atoms with van der Waals surface area (Å²) >= 11 is 0. The molecule has 0 aliphatic carbocycles. The summed E-state index contributed by atoms with van der Waals surface area (Å²) in [6.45, 7) is 13.0. The van der Waals surface area contributed by atoms with Gasteiger partial charge in [-0.3, -0.25) is 4.90 Å².